The Morgan fingerprint density at radius 3 is 2.64 bits per heavy atom. The predicted molar refractivity (Wildman–Crippen MR) is 110 cm³/mol. The lowest BCUT2D eigenvalue weighted by Crippen LogP contribution is -2.39. The zero-order valence-electron chi connectivity index (χ0n) is 15.6. The van der Waals surface area contributed by atoms with E-state index in [-0.39, 0.29) is 10.8 Å². The SMILES string of the molecule is NS(=O)(=O)c1ccc(CCNC(=O)CN2CCCN(c3nccs3)CC2)cc1. The van der Waals surface area contributed by atoms with Crippen LogP contribution < -0.4 is 15.4 Å². The van der Waals surface area contributed by atoms with Crippen molar-refractivity contribution in [3.05, 3.63) is 41.4 Å². The molecule has 2 aromatic rings. The molecule has 1 saturated heterocycles. The summed E-state index contributed by atoms with van der Waals surface area (Å²) >= 11 is 1.64. The second-order valence-corrected chi connectivity index (χ2v) is 9.15. The molecule has 152 valence electrons. The van der Waals surface area contributed by atoms with E-state index in [0.717, 1.165) is 43.3 Å². The van der Waals surface area contributed by atoms with Gasteiger partial charge in [-0.1, -0.05) is 12.1 Å². The number of nitrogens with one attached hydrogen (secondary N) is 1. The van der Waals surface area contributed by atoms with Crippen LogP contribution in [0, 0.1) is 0 Å². The highest BCUT2D eigenvalue weighted by molar-refractivity contribution is 7.89. The molecule has 0 atom stereocenters. The highest BCUT2D eigenvalue weighted by Crippen LogP contribution is 2.18. The molecule has 10 heteroatoms. The van der Waals surface area contributed by atoms with Crippen molar-refractivity contribution < 1.29 is 13.2 Å². The molecule has 3 N–H and O–H groups in total. The van der Waals surface area contributed by atoms with Gasteiger partial charge in [-0.05, 0) is 30.5 Å². The van der Waals surface area contributed by atoms with Crippen molar-refractivity contribution in [3.63, 3.8) is 0 Å². The fourth-order valence-corrected chi connectivity index (χ4v) is 4.36. The van der Waals surface area contributed by atoms with E-state index in [1.165, 1.54) is 12.1 Å². The molecular formula is C18H25N5O3S2. The van der Waals surface area contributed by atoms with Gasteiger partial charge >= 0.3 is 0 Å². The Balaban J connectivity index is 1.39. The maximum atomic E-state index is 12.2. The average Bonchev–Trinajstić information content (AvgIpc) is 3.09. The van der Waals surface area contributed by atoms with Gasteiger partial charge in [-0.2, -0.15) is 0 Å². The normalized spacial score (nSPS) is 16.0. The monoisotopic (exact) mass is 423 g/mol. The number of nitrogens with two attached hydrogens (primary N) is 1. The third-order valence-electron chi connectivity index (χ3n) is 4.63. The number of nitrogens with zero attached hydrogens (tertiary/aromatic N) is 3. The average molecular weight is 424 g/mol. The molecule has 0 unspecified atom stereocenters. The smallest absolute Gasteiger partial charge is 0.238 e. The first-order valence-electron chi connectivity index (χ1n) is 9.17. The van der Waals surface area contributed by atoms with Gasteiger partial charge in [-0.15, -0.1) is 11.3 Å². The molecule has 1 aromatic heterocycles. The van der Waals surface area contributed by atoms with Gasteiger partial charge in [-0.25, -0.2) is 18.5 Å². The summed E-state index contributed by atoms with van der Waals surface area (Å²) in [6.07, 6.45) is 3.45. The van der Waals surface area contributed by atoms with Gasteiger partial charge < -0.3 is 10.2 Å². The Morgan fingerprint density at radius 2 is 1.96 bits per heavy atom. The van der Waals surface area contributed by atoms with Crippen LogP contribution in [0.2, 0.25) is 0 Å². The molecule has 1 fully saturated rings. The number of amides is 1. The van der Waals surface area contributed by atoms with E-state index >= 15 is 0 Å². The van der Waals surface area contributed by atoms with Crippen LogP contribution in [0.1, 0.15) is 12.0 Å². The molecule has 1 aliphatic rings. The molecule has 1 amide bonds. The van der Waals surface area contributed by atoms with E-state index < -0.39 is 10.0 Å². The molecular weight excluding hydrogens is 398 g/mol. The van der Waals surface area contributed by atoms with Crippen LogP contribution in [-0.2, 0) is 21.2 Å². The van der Waals surface area contributed by atoms with Crippen molar-refractivity contribution >= 4 is 32.4 Å². The largest absolute Gasteiger partial charge is 0.355 e. The lowest BCUT2D eigenvalue weighted by Gasteiger charge is -2.21. The zero-order valence-corrected chi connectivity index (χ0v) is 17.2. The maximum absolute atomic E-state index is 12.2. The van der Waals surface area contributed by atoms with Gasteiger partial charge in [0, 0.05) is 44.3 Å². The summed E-state index contributed by atoms with van der Waals surface area (Å²) in [6.45, 7) is 4.45. The number of aromatic nitrogens is 1. The molecule has 2 heterocycles. The van der Waals surface area contributed by atoms with Crippen LogP contribution >= 0.6 is 11.3 Å². The van der Waals surface area contributed by atoms with E-state index in [9.17, 15) is 13.2 Å². The number of hydrogen-bond acceptors (Lipinski definition) is 7. The number of carbonyl (C=O) groups excluding carboxylic acids is 1. The minimum absolute atomic E-state index is 0.00357. The summed E-state index contributed by atoms with van der Waals surface area (Å²) in [7, 11) is -3.67. The zero-order chi connectivity index (χ0) is 20.0. The predicted octanol–water partition coefficient (Wildman–Crippen LogP) is 0.661. The Bertz CT molecular complexity index is 869. The van der Waals surface area contributed by atoms with Gasteiger partial charge in [0.2, 0.25) is 15.9 Å². The summed E-state index contributed by atoms with van der Waals surface area (Å²) in [6, 6.07) is 6.40. The molecule has 8 nitrogen and oxygen atoms in total. The second kappa shape index (κ2) is 9.46. The van der Waals surface area contributed by atoms with E-state index in [4.69, 9.17) is 5.14 Å². The van der Waals surface area contributed by atoms with Crippen LogP contribution in [0.4, 0.5) is 5.13 Å². The molecule has 1 aliphatic heterocycles. The summed E-state index contributed by atoms with van der Waals surface area (Å²) in [4.78, 5) is 21.1. The number of sulfonamides is 1. The number of hydrogen-bond donors (Lipinski definition) is 2. The Hall–Kier alpha value is -2.01. The fraction of sp³-hybridized carbons (Fsp3) is 0.444. The van der Waals surface area contributed by atoms with Gasteiger partial charge in [-0.3, -0.25) is 9.69 Å². The highest BCUT2D eigenvalue weighted by Gasteiger charge is 2.18. The third-order valence-corrected chi connectivity index (χ3v) is 6.39. The number of anilines is 1. The summed E-state index contributed by atoms with van der Waals surface area (Å²) in [5.41, 5.74) is 0.946. The lowest BCUT2D eigenvalue weighted by atomic mass is 10.1. The quantitative estimate of drug-likeness (QED) is 0.677. The van der Waals surface area contributed by atoms with Crippen molar-refractivity contribution in [2.75, 3.05) is 44.2 Å². The molecule has 3 rings (SSSR count). The summed E-state index contributed by atoms with van der Waals surface area (Å²) < 4.78 is 22.5. The number of carbonyl (C=O) groups is 1. The summed E-state index contributed by atoms with van der Waals surface area (Å²) in [5.74, 6) is 0.00357. The fourth-order valence-electron chi connectivity index (χ4n) is 3.14. The van der Waals surface area contributed by atoms with Crippen molar-refractivity contribution in [1.29, 1.82) is 0 Å². The number of rotatable bonds is 7. The first-order chi connectivity index (χ1) is 13.4. The first kappa shape index (κ1) is 20.7. The Labute approximate surface area is 169 Å². The molecule has 0 bridgehead atoms. The van der Waals surface area contributed by atoms with Crippen molar-refractivity contribution in [3.8, 4) is 0 Å². The van der Waals surface area contributed by atoms with Gasteiger partial charge in [0.05, 0.1) is 11.4 Å². The number of benzene rings is 1. The first-order valence-corrected chi connectivity index (χ1v) is 11.6. The lowest BCUT2D eigenvalue weighted by molar-refractivity contribution is -0.122. The van der Waals surface area contributed by atoms with Gasteiger partial charge in [0.1, 0.15) is 0 Å². The van der Waals surface area contributed by atoms with Crippen molar-refractivity contribution in [2.45, 2.75) is 17.7 Å². The van der Waals surface area contributed by atoms with Crippen LogP contribution in [-0.4, -0.2) is 63.5 Å². The standard InChI is InChI=1S/C18H25N5O3S2/c19-28(25,26)16-4-2-15(3-5-16)6-7-20-17(24)14-22-9-1-10-23(12-11-22)18-21-8-13-27-18/h2-5,8,13H,1,6-7,9-12,14H2,(H,20,24)(H2,19,25,26). The summed E-state index contributed by atoms with van der Waals surface area (Å²) in [5, 5.41) is 11.0. The van der Waals surface area contributed by atoms with E-state index in [1.807, 2.05) is 11.6 Å². The molecule has 28 heavy (non-hydrogen) atoms. The maximum Gasteiger partial charge on any atom is 0.238 e. The molecule has 0 aliphatic carbocycles. The van der Waals surface area contributed by atoms with Crippen molar-refractivity contribution in [2.24, 2.45) is 5.14 Å². The minimum atomic E-state index is -3.67. The molecule has 1 aromatic carbocycles. The number of primary sulfonamides is 1. The van der Waals surface area contributed by atoms with E-state index in [1.54, 1.807) is 23.5 Å². The van der Waals surface area contributed by atoms with E-state index in [2.05, 4.69) is 20.1 Å². The molecule has 0 saturated carbocycles. The third kappa shape index (κ3) is 5.99. The molecule has 0 radical (unpaired) electrons. The Morgan fingerprint density at radius 1 is 1.18 bits per heavy atom. The number of thiazole rings is 1. The van der Waals surface area contributed by atoms with Crippen LogP contribution in [0.25, 0.3) is 0 Å². The molecule has 0 spiro atoms. The van der Waals surface area contributed by atoms with Crippen LogP contribution in [0.5, 0.6) is 0 Å². The van der Waals surface area contributed by atoms with Gasteiger partial charge in [0.15, 0.2) is 5.13 Å². The van der Waals surface area contributed by atoms with Gasteiger partial charge in [0.25, 0.3) is 0 Å². The highest BCUT2D eigenvalue weighted by atomic mass is 32.2. The van der Waals surface area contributed by atoms with Crippen molar-refractivity contribution in [1.82, 2.24) is 15.2 Å². The van der Waals surface area contributed by atoms with Crippen LogP contribution in [0.3, 0.4) is 0 Å². The Kier molecular flexibility index (Phi) is 7.00. The van der Waals surface area contributed by atoms with Crippen LogP contribution in [0.15, 0.2) is 40.7 Å². The second-order valence-electron chi connectivity index (χ2n) is 6.72. The van der Waals surface area contributed by atoms with E-state index in [0.29, 0.717) is 19.5 Å². The minimum Gasteiger partial charge on any atom is -0.355 e. The topological polar surface area (TPSA) is 109 Å².